The molecule has 0 aliphatic heterocycles. The van der Waals surface area contributed by atoms with E-state index in [1.807, 2.05) is 46.0 Å². The highest BCUT2D eigenvalue weighted by atomic mass is 17.1. The Morgan fingerprint density at radius 1 is 1.47 bits per heavy atom. The third kappa shape index (κ3) is 24.5. The first kappa shape index (κ1) is 19.1. The lowest BCUT2D eigenvalue weighted by Crippen LogP contribution is -2.01. The molecule has 4 nitrogen and oxygen atoms in total. The zero-order valence-electron chi connectivity index (χ0n) is 9.86. The summed E-state index contributed by atoms with van der Waals surface area (Å²) in [6.45, 7) is 9.49. The minimum atomic E-state index is -0.0694. The molecule has 0 aromatic carbocycles. The quantitative estimate of drug-likeness (QED) is 0.327. The van der Waals surface area contributed by atoms with E-state index in [1.54, 1.807) is 6.08 Å². The number of hydrogen-bond acceptors (Lipinski definition) is 4. The molecule has 0 bridgehead atoms. The van der Waals surface area contributed by atoms with Crippen LogP contribution in [0.3, 0.4) is 0 Å². The van der Waals surface area contributed by atoms with Gasteiger partial charge in [-0.3, -0.25) is 4.79 Å². The third-order valence-electron chi connectivity index (χ3n) is 0.975. The molecule has 88 valence electrons. The monoisotopic (exact) mass is 215 g/mol. The van der Waals surface area contributed by atoms with Gasteiger partial charge in [-0.1, -0.05) is 32.6 Å². The summed E-state index contributed by atoms with van der Waals surface area (Å²) in [5, 5.41) is 10.0. The number of carbonyl (C=O) groups excluding carboxylic acids is 1. The number of allylic oxidation sites excluding steroid dienone is 4. The lowest BCUT2D eigenvalue weighted by Gasteiger charge is -1.95. The van der Waals surface area contributed by atoms with Crippen molar-refractivity contribution in [2.75, 3.05) is 7.05 Å². The highest BCUT2D eigenvalue weighted by Gasteiger charge is 1.78. The van der Waals surface area contributed by atoms with Gasteiger partial charge >= 0.3 is 6.47 Å². The number of hydrogen-bond donors (Lipinski definition) is 2. The molecule has 0 atom stereocenters. The Labute approximate surface area is 91.9 Å². The predicted octanol–water partition coefficient (Wildman–Crippen LogP) is 2.51. The van der Waals surface area contributed by atoms with E-state index in [0.29, 0.717) is 0 Å². The smallest absolute Gasteiger partial charge is 0.330 e. The second-order valence-corrected chi connectivity index (χ2v) is 1.81. The Balaban J connectivity index is -0.000000202. The van der Waals surface area contributed by atoms with Gasteiger partial charge in [-0.25, -0.2) is 5.26 Å². The molecule has 0 radical (unpaired) electrons. The fourth-order valence-electron chi connectivity index (χ4n) is 0.529. The van der Waals surface area contributed by atoms with Crippen molar-refractivity contribution in [2.24, 2.45) is 0 Å². The SMILES string of the molecule is C=C/C=C(\C=C/C)NC.CC.O=COO. The molecule has 0 aliphatic rings. The van der Waals surface area contributed by atoms with Gasteiger partial charge < -0.3 is 10.2 Å². The van der Waals surface area contributed by atoms with Gasteiger partial charge in [-0.2, -0.15) is 0 Å². The molecule has 0 spiro atoms. The van der Waals surface area contributed by atoms with Gasteiger partial charge in [-0.15, -0.1) is 0 Å². The minimum absolute atomic E-state index is 0.0694. The second-order valence-electron chi connectivity index (χ2n) is 1.81. The molecule has 4 heteroatoms. The summed E-state index contributed by atoms with van der Waals surface area (Å²) in [5.74, 6) is 0. The number of likely N-dealkylation sites (N-methyl/N-ethyl adjacent to an activating group) is 1. The zero-order valence-corrected chi connectivity index (χ0v) is 9.86. The van der Waals surface area contributed by atoms with E-state index in [4.69, 9.17) is 10.1 Å². The first-order valence-corrected chi connectivity index (χ1v) is 4.63. The molecule has 2 N–H and O–H groups in total. The molecule has 0 heterocycles. The van der Waals surface area contributed by atoms with E-state index >= 15 is 0 Å². The van der Waals surface area contributed by atoms with Crippen LogP contribution >= 0.6 is 0 Å². The highest BCUT2D eigenvalue weighted by molar-refractivity contribution is 5.35. The molecule has 0 fully saturated rings. The average molecular weight is 215 g/mol. The van der Waals surface area contributed by atoms with E-state index in [-0.39, 0.29) is 6.47 Å². The molecule has 0 amide bonds. The van der Waals surface area contributed by atoms with Crippen molar-refractivity contribution in [2.45, 2.75) is 20.8 Å². The van der Waals surface area contributed by atoms with Crippen molar-refractivity contribution in [3.63, 3.8) is 0 Å². The Bertz CT molecular complexity index is 186. The molecule has 0 rings (SSSR count). The minimum Gasteiger partial charge on any atom is -0.388 e. The van der Waals surface area contributed by atoms with Gasteiger partial charge in [0.1, 0.15) is 0 Å². The van der Waals surface area contributed by atoms with Gasteiger partial charge in [0.15, 0.2) is 0 Å². The molecular formula is C11H21NO3. The topological polar surface area (TPSA) is 58.6 Å². The van der Waals surface area contributed by atoms with Crippen molar-refractivity contribution in [3.8, 4) is 0 Å². The molecule has 0 saturated carbocycles. The van der Waals surface area contributed by atoms with Crippen LogP contribution in [0, 0.1) is 0 Å². The van der Waals surface area contributed by atoms with Crippen LogP contribution in [0.5, 0.6) is 0 Å². The third-order valence-corrected chi connectivity index (χ3v) is 0.975. The average Bonchev–Trinajstić information content (AvgIpc) is 2.31. The lowest BCUT2D eigenvalue weighted by molar-refractivity contribution is -0.217. The van der Waals surface area contributed by atoms with Crippen LogP contribution in [-0.2, 0) is 9.68 Å². The van der Waals surface area contributed by atoms with E-state index in [2.05, 4.69) is 16.8 Å². The van der Waals surface area contributed by atoms with Crippen LogP contribution in [0.15, 0.2) is 36.6 Å². The van der Waals surface area contributed by atoms with Crippen LogP contribution in [0.2, 0.25) is 0 Å². The highest BCUT2D eigenvalue weighted by Crippen LogP contribution is 1.89. The summed E-state index contributed by atoms with van der Waals surface area (Å²) in [6, 6.07) is 0. The maximum absolute atomic E-state index is 8.70. The second kappa shape index (κ2) is 22.9. The summed E-state index contributed by atoms with van der Waals surface area (Å²) in [4.78, 5) is 11.6. The first-order valence-electron chi connectivity index (χ1n) is 4.63. The maximum Gasteiger partial charge on any atom is 0.330 e. The Morgan fingerprint density at radius 2 is 1.93 bits per heavy atom. The summed E-state index contributed by atoms with van der Waals surface area (Å²) >= 11 is 0. The summed E-state index contributed by atoms with van der Waals surface area (Å²) in [7, 11) is 1.88. The van der Waals surface area contributed by atoms with Crippen LogP contribution in [-0.4, -0.2) is 18.8 Å². The maximum atomic E-state index is 8.70. The molecule has 15 heavy (non-hydrogen) atoms. The largest absolute Gasteiger partial charge is 0.388 e. The van der Waals surface area contributed by atoms with E-state index in [0.717, 1.165) is 5.70 Å². The van der Waals surface area contributed by atoms with Crippen molar-refractivity contribution >= 4 is 6.47 Å². The number of rotatable bonds is 4. The lowest BCUT2D eigenvalue weighted by atomic mass is 10.3. The van der Waals surface area contributed by atoms with Gasteiger partial charge in [0.2, 0.25) is 0 Å². The predicted molar refractivity (Wildman–Crippen MR) is 63.3 cm³/mol. The van der Waals surface area contributed by atoms with Crippen LogP contribution in [0.25, 0.3) is 0 Å². The van der Waals surface area contributed by atoms with Crippen molar-refractivity contribution < 1.29 is 14.9 Å². The van der Waals surface area contributed by atoms with Crippen molar-refractivity contribution in [1.82, 2.24) is 5.32 Å². The van der Waals surface area contributed by atoms with Crippen LogP contribution in [0.1, 0.15) is 20.8 Å². The van der Waals surface area contributed by atoms with E-state index in [9.17, 15) is 0 Å². The summed E-state index contributed by atoms with van der Waals surface area (Å²) in [6.07, 6.45) is 7.64. The van der Waals surface area contributed by atoms with Gasteiger partial charge in [0, 0.05) is 12.7 Å². The zero-order chi connectivity index (χ0) is 12.5. The van der Waals surface area contributed by atoms with Crippen molar-refractivity contribution in [3.05, 3.63) is 36.6 Å². The fraction of sp³-hybridized carbons (Fsp3) is 0.364. The van der Waals surface area contributed by atoms with E-state index < -0.39 is 0 Å². The van der Waals surface area contributed by atoms with Gasteiger partial charge in [-0.05, 0) is 19.1 Å². The molecule has 0 unspecified atom stereocenters. The summed E-state index contributed by atoms with van der Waals surface area (Å²) in [5.41, 5.74) is 1.08. The molecule has 0 aliphatic carbocycles. The summed E-state index contributed by atoms with van der Waals surface area (Å²) < 4.78 is 0. The Morgan fingerprint density at radius 3 is 2.13 bits per heavy atom. The number of nitrogens with one attached hydrogen (secondary N) is 1. The molecular weight excluding hydrogens is 194 g/mol. The molecule has 0 saturated heterocycles. The van der Waals surface area contributed by atoms with Crippen LogP contribution < -0.4 is 5.32 Å². The first-order chi connectivity index (χ1) is 7.26. The Hall–Kier alpha value is -1.55. The van der Waals surface area contributed by atoms with E-state index in [1.165, 1.54) is 0 Å². The number of carbonyl (C=O) groups is 1. The van der Waals surface area contributed by atoms with Crippen LogP contribution in [0.4, 0.5) is 0 Å². The normalized spacial score (nSPS) is 9.00. The molecule has 0 aromatic rings. The molecule has 0 aromatic heterocycles. The standard InChI is InChI=1S/C8H13N.C2H6.CH2O3/c1-4-6-8(9-3)7-5-2;1-2;2-1-4-3/h4-7,9H,1H2,2-3H3;1-2H3;1,3H/b7-5-,8-6+;;. The Kier molecular flexibility index (Phi) is 29.1. The van der Waals surface area contributed by atoms with Gasteiger partial charge in [0.05, 0.1) is 0 Å². The van der Waals surface area contributed by atoms with Crippen molar-refractivity contribution in [1.29, 1.82) is 0 Å². The van der Waals surface area contributed by atoms with Gasteiger partial charge in [0.25, 0.3) is 0 Å². The fourth-order valence-corrected chi connectivity index (χ4v) is 0.529.